The largest absolute Gasteiger partial charge is 0.362 e. The molecule has 1 atom stereocenters. The SMILES string of the molecule is CN1C(c2ccccc2)=CC=CC1c1nc(-n2c3ccc4ccccc4c3c3c4ccccc4ccc32)nc2ccccc12. The van der Waals surface area contributed by atoms with Gasteiger partial charge in [-0.2, -0.15) is 0 Å². The molecule has 1 aliphatic rings. The Kier molecular flexibility index (Phi) is 5.44. The van der Waals surface area contributed by atoms with Gasteiger partial charge in [-0.1, -0.05) is 121 Å². The molecule has 0 fully saturated rings. The first-order chi connectivity index (χ1) is 21.8. The smallest absolute Gasteiger partial charge is 0.235 e. The fourth-order valence-corrected chi connectivity index (χ4v) is 7.01. The van der Waals surface area contributed by atoms with Crippen LogP contribution in [0, 0.1) is 0 Å². The van der Waals surface area contributed by atoms with Gasteiger partial charge in [0, 0.05) is 28.9 Å². The molecule has 0 saturated heterocycles. The molecule has 2 aromatic heterocycles. The summed E-state index contributed by atoms with van der Waals surface area (Å²) in [6.45, 7) is 0. The van der Waals surface area contributed by atoms with Crippen LogP contribution in [-0.2, 0) is 0 Å². The Labute approximate surface area is 254 Å². The van der Waals surface area contributed by atoms with Crippen molar-refractivity contribution in [2.45, 2.75) is 6.04 Å². The van der Waals surface area contributed by atoms with Gasteiger partial charge in [-0.3, -0.25) is 4.57 Å². The van der Waals surface area contributed by atoms with Crippen LogP contribution in [0.4, 0.5) is 0 Å². The van der Waals surface area contributed by atoms with Gasteiger partial charge in [-0.05, 0) is 51.4 Å². The van der Waals surface area contributed by atoms with E-state index in [1.807, 2.05) is 0 Å². The first-order valence-electron chi connectivity index (χ1n) is 15.0. The topological polar surface area (TPSA) is 34.0 Å². The van der Waals surface area contributed by atoms with Gasteiger partial charge in [-0.15, -0.1) is 0 Å². The first-order valence-corrected chi connectivity index (χ1v) is 15.0. The third-order valence-corrected chi connectivity index (χ3v) is 9.06. The molecule has 3 heterocycles. The number of hydrogen-bond donors (Lipinski definition) is 0. The lowest BCUT2D eigenvalue weighted by Gasteiger charge is -2.33. The lowest BCUT2D eigenvalue weighted by atomic mass is 10.00. The molecule has 0 radical (unpaired) electrons. The predicted molar refractivity (Wildman–Crippen MR) is 183 cm³/mol. The molecule has 8 aromatic rings. The van der Waals surface area contributed by atoms with E-state index in [-0.39, 0.29) is 6.04 Å². The highest BCUT2D eigenvalue weighted by molar-refractivity contribution is 6.28. The van der Waals surface area contributed by atoms with E-state index in [1.54, 1.807) is 0 Å². The summed E-state index contributed by atoms with van der Waals surface area (Å²) in [5.41, 5.74) is 6.48. The Morgan fingerprint density at radius 1 is 0.568 bits per heavy atom. The van der Waals surface area contributed by atoms with Gasteiger partial charge in [0.25, 0.3) is 0 Å². The summed E-state index contributed by atoms with van der Waals surface area (Å²) in [6, 6.07) is 45.1. The summed E-state index contributed by atoms with van der Waals surface area (Å²) in [4.78, 5) is 13.0. The van der Waals surface area contributed by atoms with Crippen molar-refractivity contribution in [3.05, 3.63) is 157 Å². The van der Waals surface area contributed by atoms with Crippen LogP contribution in [0.25, 0.3) is 65.9 Å². The predicted octanol–water partition coefficient (Wildman–Crippen LogP) is 9.62. The molecule has 0 saturated carbocycles. The second-order valence-electron chi connectivity index (χ2n) is 11.5. The molecule has 1 aliphatic heterocycles. The van der Waals surface area contributed by atoms with Crippen LogP contribution in [0.5, 0.6) is 0 Å². The fraction of sp³-hybridized carbons (Fsp3) is 0.0500. The molecule has 9 rings (SSSR count). The molecule has 6 aromatic carbocycles. The molecule has 0 spiro atoms. The van der Waals surface area contributed by atoms with Gasteiger partial charge in [0.2, 0.25) is 5.95 Å². The monoisotopic (exact) mass is 564 g/mol. The molecule has 4 heteroatoms. The van der Waals surface area contributed by atoms with Gasteiger partial charge in [0.15, 0.2) is 0 Å². The zero-order chi connectivity index (χ0) is 29.2. The number of aromatic nitrogens is 3. The van der Waals surface area contributed by atoms with Crippen LogP contribution >= 0.6 is 0 Å². The summed E-state index contributed by atoms with van der Waals surface area (Å²) in [6.07, 6.45) is 6.57. The number of nitrogens with zero attached hydrogens (tertiary/aromatic N) is 4. The standard InChI is InChI=1S/C40H28N4/c1-43-33(28-14-3-2-4-15-28)20-11-21-36(43)39-31-18-9-10-19-32(31)41-40(42-39)44-34-24-22-26-12-5-7-16-29(26)37(34)38-30-17-8-6-13-27(30)23-25-35(38)44/h2-25,36H,1H3. The van der Waals surface area contributed by atoms with E-state index in [4.69, 9.17) is 9.97 Å². The van der Waals surface area contributed by atoms with Crippen molar-refractivity contribution in [3.63, 3.8) is 0 Å². The van der Waals surface area contributed by atoms with E-state index >= 15 is 0 Å². The Morgan fingerprint density at radius 3 is 1.84 bits per heavy atom. The maximum Gasteiger partial charge on any atom is 0.235 e. The zero-order valence-electron chi connectivity index (χ0n) is 24.2. The van der Waals surface area contributed by atoms with Crippen molar-refractivity contribution >= 4 is 60.0 Å². The lowest BCUT2D eigenvalue weighted by molar-refractivity contribution is 0.406. The Bertz CT molecular complexity index is 2380. The molecule has 208 valence electrons. The third-order valence-electron chi connectivity index (χ3n) is 9.06. The number of para-hydroxylation sites is 1. The maximum absolute atomic E-state index is 5.44. The van der Waals surface area contributed by atoms with Crippen LogP contribution < -0.4 is 0 Å². The third kappa shape index (κ3) is 3.64. The lowest BCUT2D eigenvalue weighted by Crippen LogP contribution is -2.25. The molecule has 1 unspecified atom stereocenters. The van der Waals surface area contributed by atoms with E-state index < -0.39 is 0 Å². The highest BCUT2D eigenvalue weighted by atomic mass is 15.2. The van der Waals surface area contributed by atoms with E-state index in [1.165, 1.54) is 37.9 Å². The van der Waals surface area contributed by atoms with Gasteiger partial charge in [-0.25, -0.2) is 9.97 Å². The van der Waals surface area contributed by atoms with Gasteiger partial charge in [0.05, 0.1) is 28.3 Å². The van der Waals surface area contributed by atoms with Crippen LogP contribution in [0.1, 0.15) is 17.3 Å². The second kappa shape index (κ2) is 9.65. The van der Waals surface area contributed by atoms with Crippen LogP contribution in [0.2, 0.25) is 0 Å². The van der Waals surface area contributed by atoms with Gasteiger partial charge < -0.3 is 4.90 Å². The van der Waals surface area contributed by atoms with Crippen LogP contribution in [0.3, 0.4) is 0 Å². The molecule has 44 heavy (non-hydrogen) atoms. The molecular weight excluding hydrogens is 536 g/mol. The normalized spacial score (nSPS) is 15.2. The molecular formula is C40H28N4. The highest BCUT2D eigenvalue weighted by Crippen LogP contribution is 2.41. The van der Waals surface area contributed by atoms with Crippen molar-refractivity contribution in [2.75, 3.05) is 7.05 Å². The summed E-state index contributed by atoms with van der Waals surface area (Å²) in [5.74, 6) is 0.682. The fourth-order valence-electron chi connectivity index (χ4n) is 7.01. The first kappa shape index (κ1) is 24.8. The number of fused-ring (bicyclic) bond motifs is 8. The average molecular weight is 565 g/mol. The molecule has 0 N–H and O–H groups in total. The van der Waals surface area contributed by atoms with Crippen molar-refractivity contribution < 1.29 is 0 Å². The van der Waals surface area contributed by atoms with Gasteiger partial charge >= 0.3 is 0 Å². The van der Waals surface area contributed by atoms with Crippen molar-refractivity contribution in [1.29, 1.82) is 0 Å². The molecule has 4 nitrogen and oxygen atoms in total. The summed E-state index contributed by atoms with van der Waals surface area (Å²) < 4.78 is 2.26. The van der Waals surface area contributed by atoms with Crippen molar-refractivity contribution in [2.24, 2.45) is 0 Å². The minimum atomic E-state index is -0.0587. The van der Waals surface area contributed by atoms with E-state index in [0.29, 0.717) is 5.95 Å². The maximum atomic E-state index is 5.44. The number of rotatable bonds is 3. The second-order valence-corrected chi connectivity index (χ2v) is 11.5. The summed E-state index contributed by atoms with van der Waals surface area (Å²) in [7, 11) is 2.16. The Morgan fingerprint density at radius 2 is 1.16 bits per heavy atom. The van der Waals surface area contributed by atoms with Crippen LogP contribution in [-0.4, -0.2) is 26.5 Å². The number of allylic oxidation sites excluding steroid dienone is 2. The number of benzene rings is 6. The highest BCUT2D eigenvalue weighted by Gasteiger charge is 2.26. The molecule has 0 aliphatic carbocycles. The van der Waals surface area contributed by atoms with Gasteiger partial charge in [0.1, 0.15) is 0 Å². The molecule has 0 bridgehead atoms. The van der Waals surface area contributed by atoms with Crippen molar-refractivity contribution in [1.82, 2.24) is 19.4 Å². The van der Waals surface area contributed by atoms with E-state index in [2.05, 4.69) is 162 Å². The average Bonchev–Trinajstić information content (AvgIpc) is 3.44. The molecule has 0 amide bonds. The zero-order valence-corrected chi connectivity index (χ0v) is 24.2. The minimum absolute atomic E-state index is 0.0587. The number of hydrogen-bond acceptors (Lipinski definition) is 3. The van der Waals surface area contributed by atoms with Crippen LogP contribution in [0.15, 0.2) is 146 Å². The Hall–Kier alpha value is -5.74. The quantitative estimate of drug-likeness (QED) is 0.214. The van der Waals surface area contributed by atoms with E-state index in [0.717, 1.165) is 33.3 Å². The van der Waals surface area contributed by atoms with Crippen molar-refractivity contribution in [3.8, 4) is 5.95 Å². The minimum Gasteiger partial charge on any atom is -0.362 e. The summed E-state index contributed by atoms with van der Waals surface area (Å²) in [5, 5.41) is 8.44. The Balaban J connectivity index is 1.35. The number of likely N-dealkylation sites (N-methyl/N-ethyl adjacent to an activating group) is 1. The van der Waals surface area contributed by atoms with E-state index in [9.17, 15) is 0 Å². The summed E-state index contributed by atoms with van der Waals surface area (Å²) >= 11 is 0.